The van der Waals surface area contributed by atoms with E-state index < -0.39 is 0 Å². The molecule has 1 aromatic heterocycles. The van der Waals surface area contributed by atoms with Crippen LogP contribution in [0.25, 0.3) is 0 Å². The van der Waals surface area contributed by atoms with Crippen molar-refractivity contribution < 1.29 is 9.53 Å². The predicted octanol–water partition coefficient (Wildman–Crippen LogP) is 4.22. The number of methoxy groups -OCH3 is 1. The summed E-state index contributed by atoms with van der Waals surface area (Å²) in [5, 5.41) is 0.876. The van der Waals surface area contributed by atoms with Crippen molar-refractivity contribution in [1.82, 2.24) is 14.9 Å². The summed E-state index contributed by atoms with van der Waals surface area (Å²) in [5.74, 6) is 1.94. The number of ether oxygens (including phenoxy) is 1. The van der Waals surface area contributed by atoms with Gasteiger partial charge in [0, 0.05) is 51.5 Å². The van der Waals surface area contributed by atoms with Crippen LogP contribution in [0.3, 0.4) is 0 Å². The van der Waals surface area contributed by atoms with E-state index in [0.717, 1.165) is 30.3 Å². The number of hydrogen-bond donors (Lipinski definition) is 0. The Morgan fingerprint density at radius 2 is 1.76 bits per heavy atom. The second kappa shape index (κ2) is 11.4. The maximum Gasteiger partial charge on any atom is 0.233 e. The number of amides is 1. The summed E-state index contributed by atoms with van der Waals surface area (Å²) in [6.45, 7) is 3.67. The molecule has 2 aromatic carbocycles. The molecule has 3 aromatic rings. The van der Waals surface area contributed by atoms with Gasteiger partial charge in [0.15, 0.2) is 5.16 Å². The van der Waals surface area contributed by atoms with Crippen molar-refractivity contribution >= 4 is 40.8 Å². The van der Waals surface area contributed by atoms with Gasteiger partial charge >= 0.3 is 0 Å². The lowest BCUT2D eigenvalue weighted by molar-refractivity contribution is -0.128. The zero-order chi connectivity index (χ0) is 23.9. The quantitative estimate of drug-likeness (QED) is 0.262. The van der Waals surface area contributed by atoms with E-state index in [9.17, 15) is 4.79 Å². The van der Waals surface area contributed by atoms with Crippen molar-refractivity contribution in [2.24, 2.45) is 0 Å². The first kappa shape index (κ1) is 24.2. The van der Waals surface area contributed by atoms with Crippen LogP contribution in [-0.4, -0.2) is 66.9 Å². The van der Waals surface area contributed by atoms with Crippen LogP contribution in [-0.2, 0) is 11.3 Å². The van der Waals surface area contributed by atoms with E-state index in [1.54, 1.807) is 13.2 Å². The normalized spacial score (nSPS) is 13.6. The highest BCUT2D eigenvalue weighted by molar-refractivity contribution is 7.99. The molecule has 1 aliphatic heterocycles. The second-order valence-electron chi connectivity index (χ2n) is 8.03. The molecule has 0 spiro atoms. The highest BCUT2D eigenvalue weighted by atomic mass is 35.5. The van der Waals surface area contributed by atoms with Crippen molar-refractivity contribution in [1.29, 1.82) is 0 Å². The van der Waals surface area contributed by atoms with Gasteiger partial charge in [0.25, 0.3) is 0 Å². The number of anilines is 2. The number of rotatable bonds is 8. The van der Waals surface area contributed by atoms with Crippen molar-refractivity contribution in [2.75, 3.05) is 55.9 Å². The molecule has 178 valence electrons. The third-order valence-corrected chi connectivity index (χ3v) is 6.73. The molecule has 0 unspecified atom stereocenters. The van der Waals surface area contributed by atoms with E-state index in [0.29, 0.717) is 29.9 Å². The van der Waals surface area contributed by atoms with Gasteiger partial charge in [-0.25, -0.2) is 9.97 Å². The summed E-state index contributed by atoms with van der Waals surface area (Å²) in [6, 6.07) is 19.9. The van der Waals surface area contributed by atoms with Gasteiger partial charge in [-0.3, -0.25) is 4.79 Å². The minimum atomic E-state index is 0.0853. The van der Waals surface area contributed by atoms with Crippen LogP contribution in [0.2, 0.25) is 5.15 Å². The van der Waals surface area contributed by atoms with Crippen molar-refractivity contribution in [3.63, 3.8) is 0 Å². The molecule has 1 fully saturated rings. The molecule has 2 heterocycles. The monoisotopic (exact) mass is 497 g/mol. The first-order chi connectivity index (χ1) is 16.5. The van der Waals surface area contributed by atoms with E-state index in [1.807, 2.05) is 47.2 Å². The standard InChI is InChI=1S/C25H28ClN5O2S/c1-29(17-19-6-4-3-5-7-19)23-16-22(26)27-25(28-23)34-18-24(32)31-14-12-30(13-15-31)20-8-10-21(33-2)11-9-20/h3-11,16H,12-15,17-18H2,1-2H3. The average molecular weight is 498 g/mol. The van der Waals surface area contributed by atoms with Crippen LogP contribution in [0.4, 0.5) is 11.5 Å². The molecule has 0 radical (unpaired) electrons. The van der Waals surface area contributed by atoms with Gasteiger partial charge in [-0.05, 0) is 29.8 Å². The van der Waals surface area contributed by atoms with Gasteiger partial charge in [-0.2, -0.15) is 0 Å². The Labute approximate surface area is 209 Å². The van der Waals surface area contributed by atoms with Crippen molar-refractivity contribution in [3.05, 3.63) is 71.4 Å². The van der Waals surface area contributed by atoms with Crippen LogP contribution in [0.15, 0.2) is 65.8 Å². The summed E-state index contributed by atoms with van der Waals surface area (Å²) in [4.78, 5) is 27.9. The highest BCUT2D eigenvalue weighted by Crippen LogP contribution is 2.24. The molecule has 4 rings (SSSR count). The van der Waals surface area contributed by atoms with Crippen LogP contribution >= 0.6 is 23.4 Å². The summed E-state index contributed by atoms with van der Waals surface area (Å²) in [6.07, 6.45) is 0. The van der Waals surface area contributed by atoms with Crippen molar-refractivity contribution in [2.45, 2.75) is 11.7 Å². The number of aromatic nitrogens is 2. The number of carbonyl (C=O) groups excluding carboxylic acids is 1. The molecule has 9 heteroatoms. The average Bonchev–Trinajstić information content (AvgIpc) is 2.87. The molecule has 0 bridgehead atoms. The van der Waals surface area contributed by atoms with E-state index in [1.165, 1.54) is 17.3 Å². The lowest BCUT2D eigenvalue weighted by Crippen LogP contribution is -2.49. The summed E-state index contributed by atoms with van der Waals surface area (Å²) < 4.78 is 5.23. The molecule has 7 nitrogen and oxygen atoms in total. The van der Waals surface area contributed by atoms with E-state index in [-0.39, 0.29) is 11.7 Å². The van der Waals surface area contributed by atoms with Gasteiger partial charge in [0.2, 0.25) is 5.91 Å². The van der Waals surface area contributed by atoms with Gasteiger partial charge in [0.05, 0.1) is 12.9 Å². The molecular formula is C25H28ClN5O2S. The Kier molecular flexibility index (Phi) is 8.13. The zero-order valence-electron chi connectivity index (χ0n) is 19.4. The Balaban J connectivity index is 1.29. The van der Waals surface area contributed by atoms with Crippen LogP contribution in [0, 0.1) is 0 Å². The topological polar surface area (TPSA) is 61.8 Å². The lowest BCUT2D eigenvalue weighted by atomic mass is 10.2. The Morgan fingerprint density at radius 1 is 1.06 bits per heavy atom. The largest absolute Gasteiger partial charge is 0.497 e. The number of thioether (sulfide) groups is 1. The van der Waals surface area contributed by atoms with E-state index in [2.05, 4.69) is 39.1 Å². The molecule has 34 heavy (non-hydrogen) atoms. The fourth-order valence-corrected chi connectivity index (χ4v) is 4.79. The minimum absolute atomic E-state index is 0.0853. The van der Waals surface area contributed by atoms with E-state index in [4.69, 9.17) is 16.3 Å². The number of nitrogens with zero attached hydrogens (tertiary/aromatic N) is 5. The second-order valence-corrected chi connectivity index (χ2v) is 9.36. The summed E-state index contributed by atoms with van der Waals surface area (Å²) >= 11 is 7.58. The fourth-order valence-electron chi connectivity index (χ4n) is 3.81. The van der Waals surface area contributed by atoms with Crippen LogP contribution < -0.4 is 14.5 Å². The molecule has 0 N–H and O–H groups in total. The predicted molar refractivity (Wildman–Crippen MR) is 138 cm³/mol. The summed E-state index contributed by atoms with van der Waals surface area (Å²) in [7, 11) is 3.63. The molecule has 0 atom stereocenters. The minimum Gasteiger partial charge on any atom is -0.497 e. The molecule has 1 amide bonds. The Hall–Kier alpha value is -2.97. The molecule has 1 saturated heterocycles. The molecule has 0 aliphatic carbocycles. The van der Waals surface area contributed by atoms with Crippen LogP contribution in [0.1, 0.15) is 5.56 Å². The van der Waals surface area contributed by atoms with Gasteiger partial charge in [-0.1, -0.05) is 53.7 Å². The molecule has 0 saturated carbocycles. The lowest BCUT2D eigenvalue weighted by Gasteiger charge is -2.36. The maximum atomic E-state index is 12.8. The van der Waals surface area contributed by atoms with Gasteiger partial charge < -0.3 is 19.4 Å². The number of halogens is 1. The third kappa shape index (κ3) is 6.33. The van der Waals surface area contributed by atoms with E-state index >= 15 is 0 Å². The smallest absolute Gasteiger partial charge is 0.233 e. The van der Waals surface area contributed by atoms with Gasteiger partial charge in [-0.15, -0.1) is 0 Å². The summed E-state index contributed by atoms with van der Waals surface area (Å²) in [5.41, 5.74) is 2.32. The number of benzene rings is 2. The fraction of sp³-hybridized carbons (Fsp3) is 0.320. The number of hydrogen-bond acceptors (Lipinski definition) is 7. The van der Waals surface area contributed by atoms with Gasteiger partial charge in [0.1, 0.15) is 16.7 Å². The Morgan fingerprint density at radius 3 is 2.44 bits per heavy atom. The van der Waals surface area contributed by atoms with Crippen molar-refractivity contribution in [3.8, 4) is 5.75 Å². The first-order valence-electron chi connectivity index (χ1n) is 11.1. The zero-order valence-corrected chi connectivity index (χ0v) is 20.9. The van der Waals surface area contributed by atoms with Crippen LogP contribution in [0.5, 0.6) is 5.75 Å². The Bertz CT molecular complexity index is 1090. The highest BCUT2D eigenvalue weighted by Gasteiger charge is 2.22. The molecule has 1 aliphatic rings. The number of piperazine rings is 1. The SMILES string of the molecule is COc1ccc(N2CCN(C(=O)CSc3nc(Cl)cc(N(C)Cc4ccccc4)n3)CC2)cc1. The molecular weight excluding hydrogens is 470 g/mol. The maximum absolute atomic E-state index is 12.8. The third-order valence-electron chi connectivity index (χ3n) is 5.71. The number of carbonyl (C=O) groups is 1. The first-order valence-corrected chi connectivity index (χ1v) is 12.5.